The maximum atomic E-state index is 12.8. The van der Waals surface area contributed by atoms with Crippen LogP contribution in [0.1, 0.15) is 49.7 Å². The molecular formula is C20H25Cl2N3O2. The lowest BCUT2D eigenvalue weighted by Gasteiger charge is -2.21. The first kappa shape index (κ1) is 20.2. The van der Waals surface area contributed by atoms with Gasteiger partial charge in [0.25, 0.3) is 5.91 Å². The Labute approximate surface area is 169 Å². The third kappa shape index (κ3) is 4.31. The van der Waals surface area contributed by atoms with E-state index < -0.39 is 5.91 Å². The van der Waals surface area contributed by atoms with E-state index in [4.69, 9.17) is 27.9 Å². The zero-order valence-electron chi connectivity index (χ0n) is 16.1. The van der Waals surface area contributed by atoms with E-state index in [1.165, 1.54) is 0 Å². The second kappa shape index (κ2) is 7.82. The van der Waals surface area contributed by atoms with Crippen LogP contribution in [-0.4, -0.2) is 28.0 Å². The Hall–Kier alpha value is -1.56. The minimum atomic E-state index is -0.408. The van der Waals surface area contributed by atoms with Crippen LogP contribution in [0.4, 0.5) is 0 Å². The van der Waals surface area contributed by atoms with Crippen molar-refractivity contribution >= 4 is 29.1 Å². The van der Waals surface area contributed by atoms with Gasteiger partial charge in [-0.25, -0.2) is 0 Å². The fraction of sp³-hybridized carbons (Fsp3) is 0.500. The minimum absolute atomic E-state index is 0.0858. The quantitative estimate of drug-likeness (QED) is 0.756. The van der Waals surface area contributed by atoms with Gasteiger partial charge in [-0.05, 0) is 25.0 Å². The lowest BCUT2D eigenvalue weighted by molar-refractivity contribution is 0.0885. The van der Waals surface area contributed by atoms with Gasteiger partial charge in [0.05, 0.1) is 28.3 Å². The van der Waals surface area contributed by atoms with Gasteiger partial charge in [0.15, 0.2) is 5.49 Å². The predicted molar refractivity (Wildman–Crippen MR) is 107 cm³/mol. The van der Waals surface area contributed by atoms with E-state index in [0.717, 1.165) is 25.1 Å². The topological polar surface area (TPSA) is 48.5 Å². The molecular weight excluding hydrogens is 385 g/mol. The molecule has 27 heavy (non-hydrogen) atoms. The average molecular weight is 410 g/mol. The largest absolute Gasteiger partial charge is 0.376 e. The maximum Gasteiger partial charge on any atom is 0.280 e. The summed E-state index contributed by atoms with van der Waals surface area (Å²) in [7, 11) is 1.99. The molecule has 1 aliphatic heterocycles. The number of amides is 1. The first-order valence-corrected chi connectivity index (χ1v) is 9.86. The van der Waals surface area contributed by atoms with Crippen LogP contribution in [0.25, 0.3) is 0 Å². The number of hydrogen-bond acceptors (Lipinski definition) is 2. The van der Waals surface area contributed by atoms with Crippen LogP contribution in [0, 0.1) is 0 Å². The monoisotopic (exact) mass is 409 g/mol. The smallest absolute Gasteiger partial charge is 0.280 e. The van der Waals surface area contributed by atoms with E-state index in [2.05, 4.69) is 30.4 Å². The summed E-state index contributed by atoms with van der Waals surface area (Å²) >= 11 is 12.2. The molecule has 2 heterocycles. The number of hydrogen-bond donors (Lipinski definition) is 0. The molecule has 1 aromatic carbocycles. The number of carbonyl (C=O) groups is 1. The number of nitrogens with zero attached hydrogens (tertiary/aromatic N) is 3. The first-order chi connectivity index (χ1) is 12.7. The Morgan fingerprint density at radius 3 is 2.70 bits per heavy atom. The Morgan fingerprint density at radius 2 is 2.07 bits per heavy atom. The summed E-state index contributed by atoms with van der Waals surface area (Å²) in [6.45, 7) is 7.85. The molecule has 0 bridgehead atoms. The molecule has 0 saturated carbocycles. The van der Waals surface area contributed by atoms with E-state index in [1.54, 1.807) is 18.2 Å². The van der Waals surface area contributed by atoms with Crippen LogP contribution in [0.15, 0.2) is 29.3 Å². The first-order valence-electron chi connectivity index (χ1n) is 9.10. The van der Waals surface area contributed by atoms with E-state index >= 15 is 0 Å². The van der Waals surface area contributed by atoms with Gasteiger partial charge in [-0.3, -0.25) is 14.2 Å². The van der Waals surface area contributed by atoms with Gasteiger partial charge in [0.1, 0.15) is 0 Å². The van der Waals surface area contributed by atoms with Gasteiger partial charge in [-0.1, -0.05) is 50.0 Å². The highest BCUT2D eigenvalue weighted by Crippen LogP contribution is 2.26. The Morgan fingerprint density at radius 1 is 1.33 bits per heavy atom. The molecule has 1 fully saturated rings. The number of carbonyl (C=O) groups excluding carboxylic acids is 1. The van der Waals surface area contributed by atoms with Crippen molar-refractivity contribution in [2.75, 3.05) is 6.61 Å². The Balaban J connectivity index is 2.08. The van der Waals surface area contributed by atoms with Crippen molar-refractivity contribution in [1.82, 2.24) is 9.36 Å². The zero-order valence-corrected chi connectivity index (χ0v) is 17.6. The highest BCUT2D eigenvalue weighted by atomic mass is 35.5. The van der Waals surface area contributed by atoms with Gasteiger partial charge in [-0.15, -0.1) is 0 Å². The molecule has 1 aliphatic rings. The molecule has 1 saturated heterocycles. The van der Waals surface area contributed by atoms with Gasteiger partial charge < -0.3 is 4.74 Å². The molecule has 1 amide bonds. The van der Waals surface area contributed by atoms with Crippen LogP contribution < -0.4 is 5.49 Å². The van der Waals surface area contributed by atoms with Gasteiger partial charge >= 0.3 is 0 Å². The van der Waals surface area contributed by atoms with Crippen molar-refractivity contribution < 1.29 is 9.53 Å². The predicted octanol–water partition coefficient (Wildman–Crippen LogP) is 4.35. The maximum absolute atomic E-state index is 12.8. The summed E-state index contributed by atoms with van der Waals surface area (Å²) in [6, 6.07) is 6.95. The molecule has 7 heteroatoms. The van der Waals surface area contributed by atoms with Crippen LogP contribution in [0.5, 0.6) is 0 Å². The van der Waals surface area contributed by atoms with Crippen molar-refractivity contribution in [3.63, 3.8) is 0 Å². The fourth-order valence-corrected chi connectivity index (χ4v) is 3.78. The van der Waals surface area contributed by atoms with E-state index in [-0.39, 0.29) is 16.5 Å². The lowest BCUT2D eigenvalue weighted by Crippen LogP contribution is -2.30. The van der Waals surface area contributed by atoms with Crippen molar-refractivity contribution in [3.8, 4) is 0 Å². The minimum Gasteiger partial charge on any atom is -0.376 e. The van der Waals surface area contributed by atoms with Crippen molar-refractivity contribution in [1.29, 1.82) is 0 Å². The molecule has 0 N–H and O–H groups in total. The summed E-state index contributed by atoms with van der Waals surface area (Å²) in [6.07, 6.45) is 2.21. The standard InChI is InChI=1S/C20H25Cl2N3O2/c1-20(2,3)16-11-17(25(24(16)4)12-13-7-6-10-27-13)23-19(26)14-8-5-9-15(21)18(14)22/h5,8-9,11,13H,6-7,10,12H2,1-4H3/b23-17-/t13-/m1/s1. The summed E-state index contributed by atoms with van der Waals surface area (Å²) in [4.78, 5) is 17.2. The van der Waals surface area contributed by atoms with Crippen molar-refractivity contribution in [2.24, 2.45) is 12.0 Å². The SMILES string of the molecule is Cn1c(C(C)(C)C)c/c(=N/C(=O)c2cccc(Cl)c2Cl)n1C[C@H]1CCCO1. The third-order valence-corrected chi connectivity index (χ3v) is 5.63. The van der Waals surface area contributed by atoms with Crippen LogP contribution in [-0.2, 0) is 23.7 Å². The summed E-state index contributed by atoms with van der Waals surface area (Å²) in [5, 5.41) is 0.568. The summed E-state index contributed by atoms with van der Waals surface area (Å²) < 4.78 is 9.86. The van der Waals surface area contributed by atoms with E-state index in [1.807, 2.05) is 17.8 Å². The van der Waals surface area contributed by atoms with Gasteiger partial charge in [0.2, 0.25) is 0 Å². The number of ether oxygens (including phenoxy) is 1. The second-order valence-electron chi connectivity index (χ2n) is 7.90. The molecule has 0 spiro atoms. The number of rotatable bonds is 3. The van der Waals surface area contributed by atoms with Gasteiger partial charge in [-0.2, -0.15) is 4.99 Å². The summed E-state index contributed by atoms with van der Waals surface area (Å²) in [5.74, 6) is -0.408. The number of aromatic nitrogens is 2. The second-order valence-corrected chi connectivity index (χ2v) is 8.68. The molecule has 0 radical (unpaired) electrons. The number of halogens is 2. The Kier molecular flexibility index (Phi) is 5.84. The molecule has 0 unspecified atom stereocenters. The lowest BCUT2D eigenvalue weighted by atomic mass is 9.92. The average Bonchev–Trinajstić information content (AvgIpc) is 3.20. The highest BCUT2D eigenvalue weighted by Gasteiger charge is 2.24. The molecule has 1 aromatic heterocycles. The van der Waals surface area contributed by atoms with Crippen LogP contribution in [0.3, 0.4) is 0 Å². The van der Waals surface area contributed by atoms with Crippen LogP contribution >= 0.6 is 23.2 Å². The molecule has 146 valence electrons. The summed E-state index contributed by atoms with van der Waals surface area (Å²) in [5.41, 5.74) is 1.90. The molecule has 0 aliphatic carbocycles. The highest BCUT2D eigenvalue weighted by molar-refractivity contribution is 6.43. The van der Waals surface area contributed by atoms with E-state index in [9.17, 15) is 4.79 Å². The van der Waals surface area contributed by atoms with Crippen molar-refractivity contribution in [3.05, 3.63) is 51.1 Å². The van der Waals surface area contributed by atoms with Gasteiger partial charge in [0, 0.05) is 30.8 Å². The normalized spacial score (nSPS) is 18.3. The van der Waals surface area contributed by atoms with E-state index in [0.29, 0.717) is 22.6 Å². The fourth-order valence-electron chi connectivity index (χ4n) is 3.40. The zero-order chi connectivity index (χ0) is 19.8. The van der Waals surface area contributed by atoms with Crippen LogP contribution in [0.2, 0.25) is 10.0 Å². The number of benzene rings is 1. The molecule has 3 rings (SSSR count). The molecule has 2 aromatic rings. The van der Waals surface area contributed by atoms with Crippen molar-refractivity contribution in [2.45, 2.75) is 51.7 Å². The molecule has 1 atom stereocenters. The molecule has 5 nitrogen and oxygen atoms in total. The Bertz CT molecular complexity index is 916. The third-order valence-electron chi connectivity index (χ3n) is 4.81.